The van der Waals surface area contributed by atoms with Gasteiger partial charge in [0.15, 0.2) is 6.10 Å². The molecule has 0 saturated heterocycles. The normalized spacial score (nSPS) is 14.5. The standard InChI is InChI=1S/C32H28BrCl2N3O5S/c33-24-11-14-26(15-12-24)44(41,42)37(19-23-10-13-25(34)18-27(23)35)21-31(39)38-20-30(43-29-9-5-4-8-28(29)38)32(40)36-17-16-22-6-2-1-3-7-22/h1-15,18,30H,16-17,19-21H2,(H,36,40)/t30-/m0/s1. The third-order valence-corrected chi connectivity index (χ3v) is 9.97. The largest absolute Gasteiger partial charge is 0.477 e. The molecule has 228 valence electrons. The first-order chi connectivity index (χ1) is 21.1. The molecule has 1 N–H and O–H groups in total. The third kappa shape index (κ3) is 7.62. The van der Waals surface area contributed by atoms with E-state index in [1.54, 1.807) is 48.5 Å². The van der Waals surface area contributed by atoms with E-state index in [9.17, 15) is 18.0 Å². The minimum Gasteiger partial charge on any atom is -0.477 e. The SMILES string of the molecule is O=C(NCCc1ccccc1)[C@@H]1CN(C(=O)CN(Cc2ccc(Cl)cc2Cl)S(=O)(=O)c2ccc(Br)cc2)c2ccccc2O1. The second-order valence-electron chi connectivity index (χ2n) is 10.1. The van der Waals surface area contributed by atoms with E-state index in [1.165, 1.54) is 23.1 Å². The first kappa shape index (κ1) is 32.0. The second kappa shape index (κ2) is 14.1. The molecule has 1 atom stereocenters. The summed E-state index contributed by atoms with van der Waals surface area (Å²) in [6.45, 7) is -0.413. The molecule has 0 unspecified atom stereocenters. The summed E-state index contributed by atoms with van der Waals surface area (Å²) in [7, 11) is -4.16. The van der Waals surface area contributed by atoms with Crippen molar-refractivity contribution < 1.29 is 22.7 Å². The summed E-state index contributed by atoms with van der Waals surface area (Å²) in [5.74, 6) is -0.562. The van der Waals surface area contributed by atoms with Crippen molar-refractivity contribution in [3.63, 3.8) is 0 Å². The summed E-state index contributed by atoms with van der Waals surface area (Å²) in [4.78, 5) is 28.5. The van der Waals surface area contributed by atoms with Crippen LogP contribution in [-0.4, -0.2) is 50.3 Å². The fourth-order valence-corrected chi connectivity index (χ4v) is 6.85. The lowest BCUT2D eigenvalue weighted by atomic mass is 10.1. The average Bonchev–Trinajstić information content (AvgIpc) is 3.02. The number of benzene rings is 4. The van der Waals surface area contributed by atoms with Crippen molar-refractivity contribution >= 4 is 66.7 Å². The molecule has 5 rings (SSSR count). The molecule has 0 bridgehead atoms. The van der Waals surface area contributed by atoms with Crippen molar-refractivity contribution in [3.05, 3.63) is 123 Å². The number of nitrogens with one attached hydrogen (secondary N) is 1. The Bertz CT molecular complexity index is 1760. The summed E-state index contributed by atoms with van der Waals surface area (Å²) in [6.07, 6.45) is -0.360. The molecule has 0 saturated carbocycles. The smallest absolute Gasteiger partial charge is 0.262 e. The Morgan fingerprint density at radius 1 is 0.955 bits per heavy atom. The van der Waals surface area contributed by atoms with Crippen LogP contribution in [0.4, 0.5) is 5.69 Å². The highest BCUT2D eigenvalue weighted by Gasteiger charge is 2.36. The number of anilines is 1. The van der Waals surface area contributed by atoms with Crippen molar-refractivity contribution in [2.45, 2.75) is 24.0 Å². The summed E-state index contributed by atoms with van der Waals surface area (Å²) >= 11 is 15.8. The molecule has 0 radical (unpaired) electrons. The van der Waals surface area contributed by atoms with E-state index in [2.05, 4.69) is 21.2 Å². The van der Waals surface area contributed by atoms with Crippen LogP contribution in [0.5, 0.6) is 5.75 Å². The van der Waals surface area contributed by atoms with E-state index in [0.29, 0.717) is 39.5 Å². The minimum absolute atomic E-state index is 0.0108. The molecule has 0 aliphatic carbocycles. The lowest BCUT2D eigenvalue weighted by Crippen LogP contribution is -2.53. The molecule has 2 amide bonds. The van der Waals surface area contributed by atoms with Gasteiger partial charge in [-0.15, -0.1) is 0 Å². The van der Waals surface area contributed by atoms with Gasteiger partial charge in [-0.2, -0.15) is 4.31 Å². The quantitative estimate of drug-likeness (QED) is 0.214. The van der Waals surface area contributed by atoms with Crippen molar-refractivity contribution in [1.29, 1.82) is 0 Å². The number of halogens is 3. The lowest BCUT2D eigenvalue weighted by Gasteiger charge is -2.35. The Morgan fingerprint density at radius 3 is 2.39 bits per heavy atom. The molecular weight excluding hydrogens is 689 g/mol. The van der Waals surface area contributed by atoms with Crippen LogP contribution in [0.15, 0.2) is 106 Å². The predicted octanol–water partition coefficient (Wildman–Crippen LogP) is 6.10. The molecule has 1 aliphatic rings. The Hall–Kier alpha value is -3.41. The Labute approximate surface area is 274 Å². The van der Waals surface area contributed by atoms with Crippen molar-refractivity contribution in [2.75, 3.05) is 24.5 Å². The molecule has 0 aromatic heterocycles. The average molecular weight is 717 g/mol. The van der Waals surface area contributed by atoms with Gasteiger partial charge in [-0.3, -0.25) is 9.59 Å². The molecule has 1 heterocycles. The third-order valence-electron chi connectivity index (χ3n) is 7.05. The minimum atomic E-state index is -4.16. The van der Waals surface area contributed by atoms with Gasteiger partial charge in [-0.1, -0.05) is 87.7 Å². The maximum absolute atomic E-state index is 14.0. The van der Waals surface area contributed by atoms with E-state index in [0.717, 1.165) is 9.87 Å². The summed E-state index contributed by atoms with van der Waals surface area (Å²) in [6, 6.07) is 27.5. The lowest BCUT2D eigenvalue weighted by molar-refractivity contribution is -0.128. The number of amides is 2. The second-order valence-corrected chi connectivity index (χ2v) is 13.8. The van der Waals surface area contributed by atoms with Gasteiger partial charge in [0.2, 0.25) is 15.9 Å². The number of hydrogen-bond acceptors (Lipinski definition) is 5. The maximum atomic E-state index is 14.0. The van der Waals surface area contributed by atoms with E-state index >= 15 is 0 Å². The molecule has 0 spiro atoms. The van der Waals surface area contributed by atoms with Crippen molar-refractivity contribution in [3.8, 4) is 5.75 Å². The fraction of sp³-hybridized carbons (Fsp3) is 0.188. The molecule has 8 nitrogen and oxygen atoms in total. The summed E-state index contributed by atoms with van der Waals surface area (Å²) in [5, 5.41) is 3.55. The monoisotopic (exact) mass is 715 g/mol. The number of hydrogen-bond donors (Lipinski definition) is 1. The van der Waals surface area contributed by atoms with Gasteiger partial charge in [0.05, 0.1) is 23.7 Å². The van der Waals surface area contributed by atoms with Gasteiger partial charge in [-0.25, -0.2) is 8.42 Å². The zero-order valence-corrected chi connectivity index (χ0v) is 27.2. The van der Waals surface area contributed by atoms with Crippen LogP contribution < -0.4 is 15.0 Å². The number of sulfonamides is 1. The first-order valence-electron chi connectivity index (χ1n) is 13.7. The van der Waals surface area contributed by atoms with E-state index in [-0.39, 0.29) is 28.9 Å². The van der Waals surface area contributed by atoms with Crippen molar-refractivity contribution in [2.24, 2.45) is 0 Å². The van der Waals surface area contributed by atoms with Gasteiger partial charge < -0.3 is 15.0 Å². The molecule has 0 fully saturated rings. The van der Waals surface area contributed by atoms with Gasteiger partial charge >= 0.3 is 0 Å². The van der Waals surface area contributed by atoms with Crippen LogP contribution in [0.1, 0.15) is 11.1 Å². The van der Waals surface area contributed by atoms with E-state index in [4.69, 9.17) is 27.9 Å². The highest BCUT2D eigenvalue weighted by atomic mass is 79.9. The number of ether oxygens (including phenoxy) is 1. The number of fused-ring (bicyclic) bond motifs is 1. The summed E-state index contributed by atoms with van der Waals surface area (Å²) in [5.41, 5.74) is 1.99. The number of carbonyl (C=O) groups is 2. The molecule has 4 aromatic rings. The van der Waals surface area contributed by atoms with Gasteiger partial charge in [0, 0.05) is 27.6 Å². The molecule has 1 aliphatic heterocycles. The Kier molecular flexibility index (Phi) is 10.3. The Morgan fingerprint density at radius 2 is 1.66 bits per heavy atom. The van der Waals surface area contributed by atoms with Gasteiger partial charge in [0.25, 0.3) is 5.91 Å². The first-order valence-corrected chi connectivity index (χ1v) is 16.7. The van der Waals surface area contributed by atoms with Crippen LogP contribution >= 0.6 is 39.1 Å². The molecule has 44 heavy (non-hydrogen) atoms. The van der Waals surface area contributed by atoms with Crippen LogP contribution in [0.2, 0.25) is 10.0 Å². The molecular formula is C32H28BrCl2N3O5S. The highest BCUT2D eigenvalue weighted by molar-refractivity contribution is 9.10. The van der Waals surface area contributed by atoms with Crippen LogP contribution in [-0.2, 0) is 32.6 Å². The number of para-hydroxylation sites is 2. The van der Waals surface area contributed by atoms with E-state index < -0.39 is 28.6 Å². The van der Waals surface area contributed by atoms with Crippen molar-refractivity contribution in [1.82, 2.24) is 9.62 Å². The maximum Gasteiger partial charge on any atom is 0.262 e. The fourth-order valence-electron chi connectivity index (χ4n) is 4.75. The van der Waals surface area contributed by atoms with Crippen LogP contribution in [0.25, 0.3) is 0 Å². The van der Waals surface area contributed by atoms with Crippen LogP contribution in [0, 0.1) is 0 Å². The zero-order chi connectivity index (χ0) is 31.3. The van der Waals surface area contributed by atoms with E-state index in [1.807, 2.05) is 30.3 Å². The Balaban J connectivity index is 1.39. The molecule has 12 heteroatoms. The zero-order valence-electron chi connectivity index (χ0n) is 23.3. The topological polar surface area (TPSA) is 96.0 Å². The summed E-state index contributed by atoms with van der Waals surface area (Å²) < 4.78 is 35.5. The molecule has 4 aromatic carbocycles. The highest BCUT2D eigenvalue weighted by Crippen LogP contribution is 2.34. The predicted molar refractivity (Wildman–Crippen MR) is 175 cm³/mol. The van der Waals surface area contributed by atoms with Gasteiger partial charge in [0.1, 0.15) is 5.75 Å². The number of carbonyl (C=O) groups excluding carboxylic acids is 2. The number of rotatable bonds is 10. The number of nitrogens with zero attached hydrogens (tertiary/aromatic N) is 2. The van der Waals surface area contributed by atoms with Crippen LogP contribution in [0.3, 0.4) is 0 Å². The van der Waals surface area contributed by atoms with Gasteiger partial charge in [-0.05, 0) is 66.1 Å².